The molecular weight excluding hydrogens is 273 g/mol. The number of rotatable bonds is 4. The lowest BCUT2D eigenvalue weighted by atomic mass is 10.1. The van der Waals surface area contributed by atoms with Crippen LogP contribution in [-0.4, -0.2) is 20.1 Å². The van der Waals surface area contributed by atoms with Crippen LogP contribution >= 0.6 is 0 Å². The van der Waals surface area contributed by atoms with E-state index in [1.165, 1.54) is 20.3 Å². The maximum absolute atomic E-state index is 13.9. The van der Waals surface area contributed by atoms with Gasteiger partial charge in [0.1, 0.15) is 17.3 Å². The predicted octanol–water partition coefficient (Wildman–Crippen LogP) is 3.40. The molecule has 5 heteroatoms. The summed E-state index contributed by atoms with van der Waals surface area (Å²) in [6.07, 6.45) is 0. The zero-order chi connectivity index (χ0) is 15.4. The number of hydrogen-bond donors (Lipinski definition) is 1. The molecule has 0 fully saturated rings. The van der Waals surface area contributed by atoms with E-state index in [1.807, 2.05) is 0 Å². The van der Waals surface area contributed by atoms with Crippen LogP contribution < -0.4 is 14.8 Å². The van der Waals surface area contributed by atoms with Crippen molar-refractivity contribution in [3.63, 3.8) is 0 Å². The molecule has 0 aliphatic heterocycles. The van der Waals surface area contributed by atoms with Gasteiger partial charge >= 0.3 is 0 Å². The van der Waals surface area contributed by atoms with E-state index >= 15 is 0 Å². The first kappa shape index (κ1) is 14.8. The zero-order valence-corrected chi connectivity index (χ0v) is 12.1. The zero-order valence-electron chi connectivity index (χ0n) is 12.1. The second-order valence-electron chi connectivity index (χ2n) is 4.46. The highest BCUT2D eigenvalue weighted by atomic mass is 19.1. The number of anilines is 1. The minimum atomic E-state index is -0.528. The Balaban J connectivity index is 2.29. The summed E-state index contributed by atoms with van der Waals surface area (Å²) in [5, 5.41) is 2.64. The minimum Gasteiger partial charge on any atom is -0.497 e. The van der Waals surface area contributed by atoms with Crippen LogP contribution in [0, 0.1) is 12.7 Å². The molecule has 1 amide bonds. The second-order valence-corrected chi connectivity index (χ2v) is 4.46. The van der Waals surface area contributed by atoms with Crippen LogP contribution in [0.2, 0.25) is 0 Å². The Bertz CT molecular complexity index is 671. The van der Waals surface area contributed by atoms with E-state index in [-0.39, 0.29) is 5.56 Å². The normalized spacial score (nSPS) is 10.1. The minimum absolute atomic E-state index is 0.00660. The standard InChI is InChI=1S/C16H16FNO3/c1-10-5-4-6-12(15(10)17)16(19)18-13-8-7-11(20-2)9-14(13)21-3/h4-9H,1-3H3,(H,18,19). The Hall–Kier alpha value is -2.56. The third-order valence-electron chi connectivity index (χ3n) is 3.09. The van der Waals surface area contributed by atoms with E-state index < -0.39 is 11.7 Å². The number of carbonyl (C=O) groups excluding carboxylic acids is 1. The first-order valence-electron chi connectivity index (χ1n) is 6.35. The van der Waals surface area contributed by atoms with Gasteiger partial charge in [0.2, 0.25) is 0 Å². The molecule has 21 heavy (non-hydrogen) atoms. The first-order chi connectivity index (χ1) is 10.1. The van der Waals surface area contributed by atoms with Crippen molar-refractivity contribution in [3.8, 4) is 11.5 Å². The molecule has 0 bridgehead atoms. The Kier molecular flexibility index (Phi) is 4.42. The summed E-state index contributed by atoms with van der Waals surface area (Å²) in [5.41, 5.74) is 0.862. The summed E-state index contributed by atoms with van der Waals surface area (Å²) in [6.45, 7) is 1.61. The smallest absolute Gasteiger partial charge is 0.258 e. The van der Waals surface area contributed by atoms with Gasteiger partial charge in [0, 0.05) is 6.07 Å². The summed E-state index contributed by atoms with van der Waals surface area (Å²) < 4.78 is 24.2. The number of ether oxygens (including phenoxy) is 2. The van der Waals surface area contributed by atoms with Crippen LogP contribution in [0.1, 0.15) is 15.9 Å². The van der Waals surface area contributed by atoms with Crippen LogP contribution in [0.15, 0.2) is 36.4 Å². The highest BCUT2D eigenvalue weighted by Crippen LogP contribution is 2.29. The SMILES string of the molecule is COc1ccc(NC(=O)c2cccc(C)c2F)c(OC)c1. The molecule has 2 aromatic rings. The first-order valence-corrected chi connectivity index (χ1v) is 6.35. The highest BCUT2D eigenvalue weighted by molar-refractivity contribution is 6.05. The molecule has 0 atom stereocenters. The second kappa shape index (κ2) is 6.26. The molecule has 110 valence electrons. The average Bonchev–Trinajstić information content (AvgIpc) is 2.50. The summed E-state index contributed by atoms with van der Waals surface area (Å²) in [6, 6.07) is 9.66. The van der Waals surface area contributed by atoms with E-state index in [2.05, 4.69) is 5.32 Å². The van der Waals surface area contributed by atoms with Gasteiger partial charge < -0.3 is 14.8 Å². The number of carbonyl (C=O) groups is 1. The number of amides is 1. The Morgan fingerprint density at radius 3 is 2.57 bits per heavy atom. The van der Waals surface area contributed by atoms with Gasteiger partial charge in [-0.25, -0.2) is 4.39 Å². The molecule has 0 saturated carbocycles. The van der Waals surface area contributed by atoms with Crippen molar-refractivity contribution in [1.29, 1.82) is 0 Å². The van der Waals surface area contributed by atoms with Gasteiger partial charge in [-0.15, -0.1) is 0 Å². The van der Waals surface area contributed by atoms with Crippen molar-refractivity contribution in [2.24, 2.45) is 0 Å². The Labute approximate surface area is 122 Å². The van der Waals surface area contributed by atoms with Gasteiger partial charge in [-0.3, -0.25) is 4.79 Å². The van der Waals surface area contributed by atoms with Crippen LogP contribution in [0.3, 0.4) is 0 Å². The molecule has 0 aliphatic rings. The van der Waals surface area contributed by atoms with Gasteiger partial charge in [0.15, 0.2) is 0 Å². The molecule has 0 unspecified atom stereocenters. The Morgan fingerprint density at radius 1 is 1.14 bits per heavy atom. The molecule has 0 aromatic heterocycles. The van der Waals surface area contributed by atoms with Crippen LogP contribution in [-0.2, 0) is 0 Å². The van der Waals surface area contributed by atoms with Gasteiger partial charge in [-0.05, 0) is 30.7 Å². The molecule has 2 aromatic carbocycles. The van der Waals surface area contributed by atoms with Crippen molar-refractivity contribution in [1.82, 2.24) is 0 Å². The molecule has 4 nitrogen and oxygen atoms in total. The van der Waals surface area contributed by atoms with Crippen molar-refractivity contribution in [3.05, 3.63) is 53.3 Å². The maximum Gasteiger partial charge on any atom is 0.258 e. The van der Waals surface area contributed by atoms with Crippen molar-refractivity contribution >= 4 is 11.6 Å². The van der Waals surface area contributed by atoms with E-state index in [0.29, 0.717) is 22.7 Å². The number of nitrogens with one attached hydrogen (secondary N) is 1. The third-order valence-corrected chi connectivity index (χ3v) is 3.09. The topological polar surface area (TPSA) is 47.6 Å². The van der Waals surface area contributed by atoms with Crippen molar-refractivity contribution in [2.75, 3.05) is 19.5 Å². The number of hydrogen-bond acceptors (Lipinski definition) is 3. The fourth-order valence-electron chi connectivity index (χ4n) is 1.91. The maximum atomic E-state index is 13.9. The van der Waals surface area contributed by atoms with Gasteiger partial charge in [-0.1, -0.05) is 12.1 Å². The molecular formula is C16H16FNO3. The van der Waals surface area contributed by atoms with E-state index in [1.54, 1.807) is 37.3 Å². The lowest BCUT2D eigenvalue weighted by molar-refractivity contribution is 0.102. The fourth-order valence-corrected chi connectivity index (χ4v) is 1.91. The monoisotopic (exact) mass is 289 g/mol. The van der Waals surface area contributed by atoms with Crippen LogP contribution in [0.4, 0.5) is 10.1 Å². The molecule has 0 heterocycles. The highest BCUT2D eigenvalue weighted by Gasteiger charge is 2.15. The summed E-state index contributed by atoms with van der Waals surface area (Å²) in [4.78, 5) is 12.2. The number of methoxy groups -OCH3 is 2. The average molecular weight is 289 g/mol. The summed E-state index contributed by atoms with van der Waals surface area (Å²) in [5.74, 6) is -0.00973. The summed E-state index contributed by atoms with van der Waals surface area (Å²) in [7, 11) is 3.02. The molecule has 0 aliphatic carbocycles. The lowest BCUT2D eigenvalue weighted by Gasteiger charge is -2.12. The van der Waals surface area contributed by atoms with Gasteiger partial charge in [0.25, 0.3) is 5.91 Å². The van der Waals surface area contributed by atoms with Crippen LogP contribution in [0.5, 0.6) is 11.5 Å². The molecule has 2 rings (SSSR count). The number of aryl methyl sites for hydroxylation is 1. The van der Waals surface area contributed by atoms with Crippen LogP contribution in [0.25, 0.3) is 0 Å². The lowest BCUT2D eigenvalue weighted by Crippen LogP contribution is -2.15. The fraction of sp³-hybridized carbons (Fsp3) is 0.188. The molecule has 0 radical (unpaired) electrons. The van der Waals surface area contributed by atoms with E-state index in [4.69, 9.17) is 9.47 Å². The molecule has 0 spiro atoms. The number of benzene rings is 2. The molecule has 0 saturated heterocycles. The van der Waals surface area contributed by atoms with Crippen molar-refractivity contribution in [2.45, 2.75) is 6.92 Å². The summed E-state index contributed by atoms with van der Waals surface area (Å²) >= 11 is 0. The third kappa shape index (κ3) is 3.13. The largest absolute Gasteiger partial charge is 0.497 e. The van der Waals surface area contributed by atoms with E-state index in [9.17, 15) is 9.18 Å². The Morgan fingerprint density at radius 2 is 1.90 bits per heavy atom. The quantitative estimate of drug-likeness (QED) is 0.938. The van der Waals surface area contributed by atoms with E-state index in [0.717, 1.165) is 0 Å². The van der Waals surface area contributed by atoms with Gasteiger partial charge in [0.05, 0.1) is 25.5 Å². The van der Waals surface area contributed by atoms with Crippen molar-refractivity contribution < 1.29 is 18.7 Å². The number of halogens is 1. The predicted molar refractivity (Wildman–Crippen MR) is 78.6 cm³/mol. The van der Waals surface area contributed by atoms with Gasteiger partial charge in [-0.2, -0.15) is 0 Å². The molecule has 1 N–H and O–H groups in total.